The van der Waals surface area contributed by atoms with Crippen molar-refractivity contribution >= 4 is 17.5 Å². The summed E-state index contributed by atoms with van der Waals surface area (Å²) in [6.45, 7) is 2.15. The maximum Gasteiger partial charge on any atom is 0.416 e. The predicted molar refractivity (Wildman–Crippen MR) is 128 cm³/mol. The number of rotatable bonds is 8. The molecule has 3 unspecified atom stereocenters. The van der Waals surface area contributed by atoms with Crippen molar-refractivity contribution in [1.29, 1.82) is 0 Å². The monoisotopic (exact) mass is 536 g/mol. The molecule has 38 heavy (non-hydrogen) atoms. The fraction of sp³-hybridized carbons (Fsp3) is 0.500. The summed E-state index contributed by atoms with van der Waals surface area (Å²) in [7, 11) is 0. The minimum atomic E-state index is -4.71. The van der Waals surface area contributed by atoms with E-state index in [9.17, 15) is 27.9 Å². The number of fused-ring (bicyclic) bond motifs is 1. The van der Waals surface area contributed by atoms with Crippen LogP contribution in [-0.4, -0.2) is 64.8 Å². The van der Waals surface area contributed by atoms with E-state index in [0.717, 1.165) is 12.1 Å². The van der Waals surface area contributed by atoms with Crippen LogP contribution in [0.2, 0.25) is 0 Å². The topological polar surface area (TPSA) is 118 Å². The molecule has 2 aliphatic heterocycles. The van der Waals surface area contributed by atoms with Gasteiger partial charge < -0.3 is 25.8 Å². The molecule has 2 aromatic rings. The molecule has 1 saturated carbocycles. The van der Waals surface area contributed by atoms with E-state index in [0.29, 0.717) is 23.9 Å². The Morgan fingerprint density at radius 1 is 1.32 bits per heavy atom. The Labute approximate surface area is 216 Å². The lowest BCUT2D eigenvalue weighted by Gasteiger charge is -2.44. The van der Waals surface area contributed by atoms with Gasteiger partial charge in [0.25, 0.3) is 5.91 Å². The van der Waals surface area contributed by atoms with E-state index < -0.39 is 46.9 Å². The Bertz CT molecular complexity index is 1270. The number of hydrogen-bond donors (Lipinski definition) is 3. The van der Waals surface area contributed by atoms with E-state index in [-0.39, 0.29) is 55.7 Å². The number of anilines is 1. The van der Waals surface area contributed by atoms with Crippen LogP contribution in [0.4, 0.5) is 23.2 Å². The van der Waals surface area contributed by atoms with Gasteiger partial charge in [0, 0.05) is 24.1 Å². The van der Waals surface area contributed by atoms with Crippen LogP contribution in [0.1, 0.15) is 45.9 Å². The number of nitrogens with one attached hydrogen (secondary N) is 1. The van der Waals surface area contributed by atoms with Crippen molar-refractivity contribution in [2.24, 2.45) is 17.6 Å². The average molecular weight is 537 g/mol. The number of carbonyl (C=O) groups is 2. The van der Waals surface area contributed by atoms with Crippen molar-refractivity contribution < 1.29 is 37.0 Å². The molecule has 2 saturated heterocycles. The van der Waals surface area contributed by atoms with Gasteiger partial charge in [-0.1, -0.05) is 6.07 Å². The molecular weight excluding hydrogens is 508 g/mol. The van der Waals surface area contributed by atoms with Gasteiger partial charge in [-0.25, -0.2) is 4.39 Å². The fourth-order valence-corrected chi connectivity index (χ4v) is 6.22. The molecule has 5 rings (SSSR count). The van der Waals surface area contributed by atoms with Crippen molar-refractivity contribution in [3.8, 4) is 0 Å². The zero-order valence-corrected chi connectivity index (χ0v) is 20.6. The number of primary amides is 1. The largest absolute Gasteiger partial charge is 0.416 e. The molecule has 0 bridgehead atoms. The van der Waals surface area contributed by atoms with E-state index >= 15 is 4.39 Å². The van der Waals surface area contributed by atoms with Crippen molar-refractivity contribution in [3.63, 3.8) is 0 Å². The van der Waals surface area contributed by atoms with Crippen LogP contribution in [-0.2, 0) is 15.7 Å². The summed E-state index contributed by atoms with van der Waals surface area (Å²) in [4.78, 5) is 32.4. The molecule has 8 nitrogen and oxygen atoms in total. The van der Waals surface area contributed by atoms with Gasteiger partial charge in [0.2, 0.25) is 5.91 Å². The molecule has 1 aromatic heterocycles. The van der Waals surface area contributed by atoms with Crippen molar-refractivity contribution in [1.82, 2.24) is 9.88 Å². The second-order valence-corrected chi connectivity index (χ2v) is 10.3. The van der Waals surface area contributed by atoms with Crippen LogP contribution in [0.5, 0.6) is 0 Å². The summed E-state index contributed by atoms with van der Waals surface area (Å²) in [6.07, 6.45) is -2.53. The number of halogens is 4. The molecule has 1 aromatic carbocycles. The highest BCUT2D eigenvalue weighted by Gasteiger charge is 2.72. The molecular formula is C26H28F4N4O4. The highest BCUT2D eigenvalue weighted by Crippen LogP contribution is 2.67. The second kappa shape index (κ2) is 9.49. The lowest BCUT2D eigenvalue weighted by molar-refractivity contribution is -0.137. The zero-order chi connectivity index (χ0) is 27.4. The van der Waals surface area contributed by atoms with Crippen LogP contribution in [0.15, 0.2) is 30.5 Å². The van der Waals surface area contributed by atoms with Crippen molar-refractivity contribution in [2.75, 3.05) is 31.7 Å². The van der Waals surface area contributed by atoms with Crippen LogP contribution in [0.25, 0.3) is 0 Å². The van der Waals surface area contributed by atoms with Crippen molar-refractivity contribution in [2.45, 2.75) is 43.4 Å². The highest BCUT2D eigenvalue weighted by atomic mass is 19.4. The highest BCUT2D eigenvalue weighted by molar-refractivity contribution is 6.03. The Kier molecular flexibility index (Phi) is 6.59. The molecule has 204 valence electrons. The molecule has 2 amide bonds. The number of nitrogens with two attached hydrogens (primary N) is 1. The molecule has 4 atom stereocenters. The number of alkyl halides is 3. The van der Waals surface area contributed by atoms with E-state index in [1.807, 2.05) is 0 Å². The summed E-state index contributed by atoms with van der Waals surface area (Å²) >= 11 is 0. The number of carbonyl (C=O) groups excluding carboxylic acids is 2. The minimum absolute atomic E-state index is 0.0567. The van der Waals surface area contributed by atoms with E-state index in [4.69, 9.17) is 10.5 Å². The number of likely N-dealkylation sites (tertiary alicyclic amines) is 1. The predicted octanol–water partition coefficient (Wildman–Crippen LogP) is 2.84. The molecule has 3 fully saturated rings. The van der Waals surface area contributed by atoms with Crippen molar-refractivity contribution in [3.05, 3.63) is 58.7 Å². The van der Waals surface area contributed by atoms with Gasteiger partial charge in [-0.3, -0.25) is 14.6 Å². The van der Waals surface area contributed by atoms with Gasteiger partial charge >= 0.3 is 6.18 Å². The normalized spacial score (nSPS) is 25.5. The van der Waals surface area contributed by atoms with Gasteiger partial charge in [0.05, 0.1) is 48.4 Å². The summed E-state index contributed by atoms with van der Waals surface area (Å²) in [5, 5.41) is 12.2. The molecule has 1 aliphatic carbocycles. The molecule has 3 aliphatic rings. The number of aryl methyl sites for hydroxylation is 1. The number of amides is 2. The van der Waals surface area contributed by atoms with E-state index in [2.05, 4.69) is 10.3 Å². The molecule has 0 radical (unpaired) electrons. The van der Waals surface area contributed by atoms with Crippen LogP contribution in [0, 0.1) is 24.6 Å². The second-order valence-electron chi connectivity index (χ2n) is 10.3. The quantitative estimate of drug-likeness (QED) is 0.447. The van der Waals surface area contributed by atoms with E-state index in [1.165, 1.54) is 11.1 Å². The third-order valence-electron chi connectivity index (χ3n) is 7.97. The first kappa shape index (κ1) is 26.4. The summed E-state index contributed by atoms with van der Waals surface area (Å²) in [6, 6.07) is 3.04. The van der Waals surface area contributed by atoms with Crippen LogP contribution < -0.4 is 11.1 Å². The maximum absolute atomic E-state index is 15.4. The number of piperidine rings is 1. The number of hydrogen-bond acceptors (Lipinski definition) is 6. The Balaban J connectivity index is 1.61. The third-order valence-corrected chi connectivity index (χ3v) is 7.97. The third kappa shape index (κ3) is 4.29. The van der Waals surface area contributed by atoms with Gasteiger partial charge in [0.1, 0.15) is 11.9 Å². The van der Waals surface area contributed by atoms with Gasteiger partial charge in [-0.15, -0.1) is 0 Å². The van der Waals surface area contributed by atoms with Crippen LogP contribution in [0.3, 0.4) is 0 Å². The van der Waals surface area contributed by atoms with Gasteiger partial charge in [-0.05, 0) is 49.4 Å². The Morgan fingerprint density at radius 2 is 2.05 bits per heavy atom. The molecule has 3 heterocycles. The number of aliphatic hydroxyl groups is 1. The number of benzene rings is 1. The standard InChI is InChI=1S/C26H28F4N4O4/c1-13-6-18(20(10-33-13)32-4-5-35)24(37)34-21(23(31)36)8-16-9-25(16,34)22(14-11-38-12-14)17-3-2-15(7-19(17)27)26(28,29)30/h2-3,6-7,10,14,16,21-22,32,35H,4-5,8-9,11-12H2,1H3,(H2,31,36)/t16?,21?,22-,25?/m1/s1. The lowest BCUT2D eigenvalue weighted by Crippen LogP contribution is -2.55. The number of nitrogens with zero attached hydrogens (tertiary/aromatic N) is 2. The fourth-order valence-electron chi connectivity index (χ4n) is 6.22. The first-order valence-corrected chi connectivity index (χ1v) is 12.4. The number of aromatic nitrogens is 1. The Morgan fingerprint density at radius 3 is 2.63 bits per heavy atom. The molecule has 12 heteroatoms. The number of aliphatic hydroxyl groups excluding tert-OH is 1. The first-order valence-electron chi connectivity index (χ1n) is 12.4. The minimum Gasteiger partial charge on any atom is -0.395 e. The zero-order valence-electron chi connectivity index (χ0n) is 20.6. The van der Waals surface area contributed by atoms with Gasteiger partial charge in [-0.2, -0.15) is 13.2 Å². The molecule has 4 N–H and O–H groups in total. The summed E-state index contributed by atoms with van der Waals surface area (Å²) in [5.41, 5.74) is 4.77. The summed E-state index contributed by atoms with van der Waals surface area (Å²) < 4.78 is 60.5. The van der Waals surface area contributed by atoms with Gasteiger partial charge in [0.15, 0.2) is 0 Å². The first-order chi connectivity index (χ1) is 18.0. The number of ether oxygens (including phenoxy) is 1. The van der Waals surface area contributed by atoms with E-state index in [1.54, 1.807) is 13.0 Å². The summed E-state index contributed by atoms with van der Waals surface area (Å²) in [5.74, 6) is -3.40. The van der Waals surface area contributed by atoms with Crippen LogP contribution >= 0.6 is 0 Å². The lowest BCUT2D eigenvalue weighted by atomic mass is 9.76. The maximum atomic E-state index is 15.4. The molecule has 0 spiro atoms. The number of pyridine rings is 1. The average Bonchev–Trinajstić information content (AvgIpc) is 3.43. The smallest absolute Gasteiger partial charge is 0.395 e. The SMILES string of the molecule is Cc1cc(C(=O)N2C(C(N)=O)CC3CC32[C@@H](c2ccc(C(F)(F)F)cc2F)C2COC2)c(NCCO)cn1. The Hall–Kier alpha value is -3.25.